The monoisotopic (exact) mass is 313 g/mol. The fourth-order valence-corrected chi connectivity index (χ4v) is 3.03. The third kappa shape index (κ3) is 3.90. The van der Waals surface area contributed by atoms with Crippen molar-refractivity contribution in [2.75, 3.05) is 18.1 Å². The Morgan fingerprint density at radius 2 is 2.00 bits per heavy atom. The summed E-state index contributed by atoms with van der Waals surface area (Å²) in [7, 11) is 0. The van der Waals surface area contributed by atoms with E-state index in [2.05, 4.69) is 5.32 Å². The topological polar surface area (TPSA) is 66.4 Å². The molecule has 0 saturated heterocycles. The van der Waals surface area contributed by atoms with Gasteiger partial charge in [0.05, 0.1) is 11.5 Å². The summed E-state index contributed by atoms with van der Waals surface area (Å²) in [5.41, 5.74) is 1.05. The van der Waals surface area contributed by atoms with Crippen LogP contribution >= 0.6 is 23.4 Å². The molecule has 4 nitrogen and oxygen atoms in total. The van der Waals surface area contributed by atoms with Crippen LogP contribution < -0.4 is 5.32 Å². The summed E-state index contributed by atoms with van der Waals surface area (Å²) in [6.07, 6.45) is 2.03. The number of thioether (sulfide) groups is 1. The molecule has 0 aromatic heterocycles. The van der Waals surface area contributed by atoms with E-state index in [9.17, 15) is 9.59 Å². The smallest absolute Gasteiger partial charge is 0.313 e. The first kappa shape index (κ1) is 15.2. The van der Waals surface area contributed by atoms with Gasteiger partial charge in [-0.05, 0) is 24.5 Å². The van der Waals surface area contributed by atoms with Crippen LogP contribution in [-0.4, -0.2) is 35.0 Å². The fraction of sp³-hybridized carbons (Fsp3) is 0.429. The van der Waals surface area contributed by atoms with E-state index in [-0.39, 0.29) is 22.8 Å². The van der Waals surface area contributed by atoms with Gasteiger partial charge in [-0.1, -0.05) is 29.8 Å². The van der Waals surface area contributed by atoms with Gasteiger partial charge in [0.15, 0.2) is 0 Å². The van der Waals surface area contributed by atoms with E-state index >= 15 is 0 Å². The molecule has 2 rings (SSSR count). The molecule has 2 N–H and O–H groups in total. The first-order valence-electron chi connectivity index (χ1n) is 6.35. The first-order valence-corrected chi connectivity index (χ1v) is 7.88. The van der Waals surface area contributed by atoms with Crippen LogP contribution in [0.25, 0.3) is 0 Å². The summed E-state index contributed by atoms with van der Waals surface area (Å²) in [6.45, 7) is 0.559. The number of aliphatic carboxylic acids is 1. The number of hydrogen-bond acceptors (Lipinski definition) is 3. The molecule has 0 heterocycles. The molecule has 1 amide bonds. The highest BCUT2D eigenvalue weighted by molar-refractivity contribution is 8.00. The highest BCUT2D eigenvalue weighted by Gasteiger charge is 2.45. The maximum absolute atomic E-state index is 11.7. The van der Waals surface area contributed by atoms with Gasteiger partial charge in [-0.15, -0.1) is 11.8 Å². The maximum atomic E-state index is 11.7. The van der Waals surface area contributed by atoms with Gasteiger partial charge in [0.25, 0.3) is 0 Å². The van der Waals surface area contributed by atoms with Crippen molar-refractivity contribution in [3.8, 4) is 0 Å². The average Bonchev–Trinajstić information content (AvgIpc) is 3.17. The zero-order chi connectivity index (χ0) is 14.6. The van der Waals surface area contributed by atoms with Crippen molar-refractivity contribution < 1.29 is 14.7 Å². The van der Waals surface area contributed by atoms with Gasteiger partial charge < -0.3 is 10.4 Å². The molecule has 1 saturated carbocycles. The number of amides is 1. The Morgan fingerprint density at radius 1 is 1.30 bits per heavy atom. The number of carboxylic acids is 1. The van der Waals surface area contributed by atoms with E-state index in [1.807, 2.05) is 24.3 Å². The van der Waals surface area contributed by atoms with E-state index in [4.69, 9.17) is 16.7 Å². The molecule has 1 aromatic carbocycles. The molecule has 0 radical (unpaired) electrons. The summed E-state index contributed by atoms with van der Waals surface area (Å²) in [5, 5.41) is 12.1. The van der Waals surface area contributed by atoms with Crippen LogP contribution in [0.3, 0.4) is 0 Å². The predicted octanol–water partition coefficient (Wildman–Crippen LogP) is 2.31. The number of nitrogens with one attached hydrogen (secondary N) is 1. The number of halogens is 1. The second kappa shape index (κ2) is 6.50. The highest BCUT2D eigenvalue weighted by Crippen LogP contribution is 2.49. The Hall–Kier alpha value is -1.20. The molecule has 1 aliphatic carbocycles. The van der Waals surface area contributed by atoms with Crippen molar-refractivity contribution in [3.63, 3.8) is 0 Å². The molecular weight excluding hydrogens is 298 g/mol. The summed E-state index contributed by atoms with van der Waals surface area (Å²) in [5.74, 6) is -0.916. The molecule has 1 aromatic rings. The number of carboxylic acid groups (broad SMARTS) is 1. The second-order valence-corrected chi connectivity index (χ2v) is 6.32. The Labute approximate surface area is 126 Å². The average molecular weight is 314 g/mol. The molecule has 1 fully saturated rings. The minimum Gasteiger partial charge on any atom is -0.481 e. The Bertz CT molecular complexity index is 517. The molecule has 20 heavy (non-hydrogen) atoms. The molecule has 0 atom stereocenters. The van der Waals surface area contributed by atoms with Gasteiger partial charge in [0.1, 0.15) is 0 Å². The molecule has 108 valence electrons. The van der Waals surface area contributed by atoms with Crippen LogP contribution in [0.4, 0.5) is 0 Å². The van der Waals surface area contributed by atoms with Crippen LogP contribution in [-0.2, 0) is 15.0 Å². The third-order valence-electron chi connectivity index (χ3n) is 3.38. The van der Waals surface area contributed by atoms with Crippen LogP contribution in [0.5, 0.6) is 0 Å². The zero-order valence-electron chi connectivity index (χ0n) is 10.9. The third-order valence-corrected chi connectivity index (χ3v) is 4.63. The predicted molar refractivity (Wildman–Crippen MR) is 80.3 cm³/mol. The maximum Gasteiger partial charge on any atom is 0.313 e. The lowest BCUT2D eigenvalue weighted by molar-refractivity contribution is -0.133. The van der Waals surface area contributed by atoms with Gasteiger partial charge in [-0.25, -0.2) is 0 Å². The fourth-order valence-electron chi connectivity index (χ4n) is 2.13. The summed E-state index contributed by atoms with van der Waals surface area (Å²) in [6, 6.07) is 7.71. The van der Waals surface area contributed by atoms with E-state index in [1.54, 1.807) is 0 Å². The van der Waals surface area contributed by atoms with Gasteiger partial charge in [-0.3, -0.25) is 9.59 Å². The standard InChI is InChI=1S/C14H16ClNO3S/c15-11-4-2-1-3-10(11)14(5-6-14)9-16-12(17)7-20-8-13(18)19/h1-4H,5-9H2,(H,16,17)(H,18,19). The van der Waals surface area contributed by atoms with E-state index in [1.165, 1.54) is 0 Å². The van der Waals surface area contributed by atoms with Crippen molar-refractivity contribution in [3.05, 3.63) is 34.9 Å². The zero-order valence-corrected chi connectivity index (χ0v) is 12.5. The Kier molecular flexibility index (Phi) is 4.94. The largest absolute Gasteiger partial charge is 0.481 e. The van der Waals surface area contributed by atoms with Crippen molar-refractivity contribution in [1.82, 2.24) is 5.32 Å². The van der Waals surface area contributed by atoms with Crippen molar-refractivity contribution in [2.45, 2.75) is 18.3 Å². The molecular formula is C14H16ClNO3S. The highest BCUT2D eigenvalue weighted by atomic mass is 35.5. The second-order valence-electron chi connectivity index (χ2n) is 4.92. The number of carbonyl (C=O) groups is 2. The minimum absolute atomic E-state index is 0.0362. The van der Waals surface area contributed by atoms with Gasteiger partial charge in [-0.2, -0.15) is 0 Å². The van der Waals surface area contributed by atoms with Gasteiger partial charge in [0, 0.05) is 17.0 Å². The van der Waals surface area contributed by atoms with Crippen molar-refractivity contribution in [2.24, 2.45) is 0 Å². The number of rotatable bonds is 7. The molecule has 0 unspecified atom stereocenters. The number of carbonyl (C=O) groups excluding carboxylic acids is 1. The lowest BCUT2D eigenvalue weighted by atomic mass is 9.96. The number of hydrogen-bond donors (Lipinski definition) is 2. The summed E-state index contributed by atoms with van der Waals surface area (Å²) >= 11 is 7.30. The van der Waals surface area contributed by atoms with Gasteiger partial charge >= 0.3 is 5.97 Å². The van der Waals surface area contributed by atoms with Crippen LogP contribution in [0, 0.1) is 0 Å². The van der Waals surface area contributed by atoms with E-state index in [0.717, 1.165) is 35.2 Å². The molecule has 0 spiro atoms. The first-order chi connectivity index (χ1) is 9.53. The van der Waals surface area contributed by atoms with Crippen LogP contribution in [0.15, 0.2) is 24.3 Å². The molecule has 0 bridgehead atoms. The van der Waals surface area contributed by atoms with Crippen molar-refractivity contribution in [1.29, 1.82) is 0 Å². The Morgan fingerprint density at radius 3 is 2.60 bits per heavy atom. The lowest BCUT2D eigenvalue weighted by Gasteiger charge is -2.17. The molecule has 6 heteroatoms. The Balaban J connectivity index is 1.83. The van der Waals surface area contributed by atoms with Crippen LogP contribution in [0.1, 0.15) is 18.4 Å². The molecule has 0 aliphatic heterocycles. The quantitative estimate of drug-likeness (QED) is 0.810. The van der Waals surface area contributed by atoms with E-state index in [0.29, 0.717) is 6.54 Å². The SMILES string of the molecule is O=C(O)CSCC(=O)NCC1(c2ccccc2Cl)CC1. The number of benzene rings is 1. The minimum atomic E-state index is -0.905. The molecule has 1 aliphatic rings. The lowest BCUT2D eigenvalue weighted by Crippen LogP contribution is -2.33. The summed E-state index contributed by atoms with van der Waals surface area (Å²) in [4.78, 5) is 22.0. The van der Waals surface area contributed by atoms with Crippen LogP contribution in [0.2, 0.25) is 5.02 Å². The van der Waals surface area contributed by atoms with Crippen molar-refractivity contribution >= 4 is 35.2 Å². The normalized spacial score (nSPS) is 15.7. The summed E-state index contributed by atoms with van der Waals surface area (Å²) < 4.78 is 0. The van der Waals surface area contributed by atoms with Gasteiger partial charge in [0.2, 0.25) is 5.91 Å². The van der Waals surface area contributed by atoms with E-state index < -0.39 is 5.97 Å².